The molecule has 0 spiro atoms. The summed E-state index contributed by atoms with van der Waals surface area (Å²) in [5, 5.41) is 7.48. The van der Waals surface area contributed by atoms with Gasteiger partial charge in [0.15, 0.2) is 0 Å². The van der Waals surface area contributed by atoms with Gasteiger partial charge in [-0.15, -0.1) is 11.3 Å². The number of allylic oxidation sites excluding steroid dienone is 3. The minimum Gasteiger partial charge on any atom is -0.278 e. The number of nitrogens with one attached hydrogen (secondary N) is 1. The third kappa shape index (κ3) is 1.55. The Labute approximate surface area is 97.6 Å². The van der Waals surface area contributed by atoms with E-state index in [2.05, 4.69) is 40.2 Å². The molecule has 0 saturated carbocycles. The minimum atomic E-state index is 1.04. The SMILES string of the molecule is C1=CC=C(c2cccc3sccc23)NN=C1. The second-order valence-electron chi connectivity index (χ2n) is 3.49. The molecule has 78 valence electrons. The van der Waals surface area contributed by atoms with E-state index in [9.17, 15) is 0 Å². The lowest BCUT2D eigenvalue weighted by molar-refractivity contribution is 1.01. The van der Waals surface area contributed by atoms with E-state index < -0.39 is 0 Å². The molecule has 2 nitrogen and oxygen atoms in total. The first-order valence-electron chi connectivity index (χ1n) is 5.08. The third-order valence-corrected chi connectivity index (χ3v) is 3.39. The van der Waals surface area contributed by atoms with Gasteiger partial charge in [-0.3, -0.25) is 5.43 Å². The summed E-state index contributed by atoms with van der Waals surface area (Å²) in [6.45, 7) is 0. The first-order chi connectivity index (χ1) is 7.95. The van der Waals surface area contributed by atoms with Crippen molar-refractivity contribution in [3.05, 3.63) is 53.4 Å². The molecule has 0 bridgehead atoms. The van der Waals surface area contributed by atoms with Crippen molar-refractivity contribution in [2.75, 3.05) is 0 Å². The van der Waals surface area contributed by atoms with Crippen molar-refractivity contribution in [3.8, 4) is 0 Å². The molecule has 1 aromatic carbocycles. The maximum Gasteiger partial charge on any atom is 0.0640 e. The summed E-state index contributed by atoms with van der Waals surface area (Å²) in [4.78, 5) is 0. The lowest BCUT2D eigenvalue weighted by Crippen LogP contribution is -2.03. The molecule has 1 aliphatic heterocycles. The van der Waals surface area contributed by atoms with Gasteiger partial charge in [-0.25, -0.2) is 0 Å². The van der Waals surface area contributed by atoms with Crippen molar-refractivity contribution >= 4 is 33.3 Å². The van der Waals surface area contributed by atoms with Crippen LogP contribution in [0, 0.1) is 0 Å². The van der Waals surface area contributed by atoms with Crippen LogP contribution in [0.2, 0.25) is 0 Å². The van der Waals surface area contributed by atoms with Crippen molar-refractivity contribution in [2.24, 2.45) is 5.10 Å². The fraction of sp³-hybridized carbons (Fsp3) is 0. The van der Waals surface area contributed by atoms with Crippen LogP contribution in [0.3, 0.4) is 0 Å². The summed E-state index contributed by atoms with van der Waals surface area (Å²) in [5.41, 5.74) is 5.29. The molecule has 0 fully saturated rings. The van der Waals surface area contributed by atoms with E-state index in [1.165, 1.54) is 15.6 Å². The topological polar surface area (TPSA) is 24.4 Å². The maximum atomic E-state index is 4.09. The molecule has 2 heterocycles. The largest absolute Gasteiger partial charge is 0.278 e. The highest BCUT2D eigenvalue weighted by Crippen LogP contribution is 2.28. The van der Waals surface area contributed by atoms with Crippen molar-refractivity contribution in [1.82, 2.24) is 5.43 Å². The third-order valence-electron chi connectivity index (χ3n) is 2.51. The number of hydrogen-bond donors (Lipinski definition) is 1. The lowest BCUT2D eigenvalue weighted by atomic mass is 10.1. The highest BCUT2D eigenvalue weighted by Gasteiger charge is 2.06. The molecule has 3 rings (SSSR count). The molecule has 1 aliphatic rings. The number of thiophene rings is 1. The molecule has 1 N–H and O–H groups in total. The van der Waals surface area contributed by atoms with E-state index in [4.69, 9.17) is 0 Å². The van der Waals surface area contributed by atoms with Crippen LogP contribution in [0.25, 0.3) is 15.8 Å². The van der Waals surface area contributed by atoms with Crippen LogP contribution in [0.15, 0.2) is 53.0 Å². The molecule has 0 unspecified atom stereocenters. The van der Waals surface area contributed by atoms with E-state index in [0.29, 0.717) is 0 Å². The smallest absolute Gasteiger partial charge is 0.0640 e. The number of rotatable bonds is 1. The Morgan fingerprint density at radius 2 is 2.12 bits per heavy atom. The van der Waals surface area contributed by atoms with Crippen molar-refractivity contribution in [1.29, 1.82) is 0 Å². The van der Waals surface area contributed by atoms with Crippen LogP contribution in [-0.2, 0) is 0 Å². The Balaban J connectivity index is 2.18. The molecule has 0 saturated heterocycles. The summed E-state index contributed by atoms with van der Waals surface area (Å²) in [6.07, 6.45) is 7.69. The number of fused-ring (bicyclic) bond motifs is 1. The lowest BCUT2D eigenvalue weighted by Gasteiger charge is -2.06. The zero-order valence-electron chi connectivity index (χ0n) is 8.55. The zero-order chi connectivity index (χ0) is 10.8. The molecule has 3 heteroatoms. The highest BCUT2D eigenvalue weighted by atomic mass is 32.1. The van der Waals surface area contributed by atoms with Gasteiger partial charge in [0.05, 0.1) is 5.70 Å². The van der Waals surface area contributed by atoms with Gasteiger partial charge in [0, 0.05) is 21.9 Å². The zero-order valence-corrected chi connectivity index (χ0v) is 9.37. The van der Waals surface area contributed by atoms with E-state index in [1.54, 1.807) is 17.6 Å². The van der Waals surface area contributed by atoms with Crippen LogP contribution in [-0.4, -0.2) is 6.21 Å². The van der Waals surface area contributed by atoms with Gasteiger partial charge in [0.25, 0.3) is 0 Å². The summed E-state index contributed by atoms with van der Waals surface area (Å²) in [5.74, 6) is 0. The minimum absolute atomic E-state index is 1.04. The summed E-state index contributed by atoms with van der Waals surface area (Å²) in [7, 11) is 0. The van der Waals surface area contributed by atoms with Crippen LogP contribution in [0.1, 0.15) is 5.56 Å². The van der Waals surface area contributed by atoms with Gasteiger partial charge in [-0.1, -0.05) is 18.2 Å². The first-order valence-corrected chi connectivity index (χ1v) is 5.96. The Hall–Kier alpha value is -1.87. The van der Waals surface area contributed by atoms with Gasteiger partial charge < -0.3 is 0 Å². The fourth-order valence-electron chi connectivity index (χ4n) is 1.77. The Morgan fingerprint density at radius 1 is 1.12 bits per heavy atom. The normalized spacial score (nSPS) is 14.6. The summed E-state index contributed by atoms with van der Waals surface area (Å²) in [6, 6.07) is 8.48. The van der Waals surface area contributed by atoms with Crippen molar-refractivity contribution in [3.63, 3.8) is 0 Å². The Bertz CT molecular complexity index is 605. The number of hydrogen-bond acceptors (Lipinski definition) is 3. The quantitative estimate of drug-likeness (QED) is 0.792. The second kappa shape index (κ2) is 3.94. The van der Waals surface area contributed by atoms with Gasteiger partial charge in [-0.05, 0) is 29.7 Å². The fourth-order valence-corrected chi connectivity index (χ4v) is 2.58. The molecule has 0 atom stereocenters. The van der Waals surface area contributed by atoms with Crippen LogP contribution < -0.4 is 5.43 Å². The van der Waals surface area contributed by atoms with Crippen molar-refractivity contribution in [2.45, 2.75) is 0 Å². The van der Waals surface area contributed by atoms with Gasteiger partial charge in [0.2, 0.25) is 0 Å². The maximum absolute atomic E-state index is 4.09. The van der Waals surface area contributed by atoms with E-state index in [-0.39, 0.29) is 0 Å². The number of hydrazone groups is 1. The average molecular weight is 226 g/mol. The molecule has 0 amide bonds. The molecule has 1 aromatic heterocycles. The second-order valence-corrected chi connectivity index (χ2v) is 4.44. The van der Waals surface area contributed by atoms with Crippen molar-refractivity contribution < 1.29 is 0 Å². The Kier molecular flexibility index (Phi) is 2.31. The molecule has 2 aromatic rings. The number of nitrogens with zero attached hydrogens (tertiary/aromatic N) is 1. The molecule has 0 aliphatic carbocycles. The van der Waals surface area contributed by atoms with Gasteiger partial charge in [0.1, 0.15) is 0 Å². The van der Waals surface area contributed by atoms with Crippen LogP contribution in [0.5, 0.6) is 0 Å². The predicted molar refractivity (Wildman–Crippen MR) is 70.6 cm³/mol. The highest BCUT2D eigenvalue weighted by molar-refractivity contribution is 7.17. The molecular formula is C13H10N2S. The molecule has 16 heavy (non-hydrogen) atoms. The summed E-state index contributed by atoms with van der Waals surface area (Å²) < 4.78 is 1.30. The van der Waals surface area contributed by atoms with Crippen LogP contribution >= 0.6 is 11.3 Å². The molecule has 0 radical (unpaired) electrons. The first kappa shape index (κ1) is 9.36. The monoisotopic (exact) mass is 226 g/mol. The van der Waals surface area contributed by atoms with E-state index in [0.717, 1.165) is 5.70 Å². The van der Waals surface area contributed by atoms with Gasteiger partial charge >= 0.3 is 0 Å². The van der Waals surface area contributed by atoms with Gasteiger partial charge in [-0.2, -0.15) is 5.10 Å². The van der Waals surface area contributed by atoms with Crippen LogP contribution in [0.4, 0.5) is 0 Å². The summed E-state index contributed by atoms with van der Waals surface area (Å²) >= 11 is 1.76. The predicted octanol–water partition coefficient (Wildman–Crippen LogP) is 3.39. The van der Waals surface area contributed by atoms with E-state index >= 15 is 0 Å². The number of benzene rings is 1. The van der Waals surface area contributed by atoms with E-state index in [1.807, 2.05) is 18.2 Å². The Morgan fingerprint density at radius 3 is 3.12 bits per heavy atom. The molecular weight excluding hydrogens is 216 g/mol. The standard InChI is InChI=1S/C13H10N2S/c1-2-8-14-15-12(5-1)10-4-3-6-13-11(10)7-9-16-13/h1-9,15H. The average Bonchev–Trinajstić information content (AvgIpc) is 2.63.